The van der Waals surface area contributed by atoms with E-state index < -0.39 is 11.7 Å². The summed E-state index contributed by atoms with van der Waals surface area (Å²) in [6.07, 6.45) is -2.57. The summed E-state index contributed by atoms with van der Waals surface area (Å²) in [4.78, 5) is 4.00. The van der Waals surface area contributed by atoms with E-state index in [2.05, 4.69) is 4.98 Å². The number of nitrogens with zero attached hydrogens (tertiary/aromatic N) is 1. The lowest BCUT2D eigenvalue weighted by molar-refractivity contribution is -0.137. The SMILES string of the molecule is CCCc1cccc(-c2cc(C(F)(F)F)cc(N)n2)c1. The molecule has 0 fully saturated rings. The zero-order valence-corrected chi connectivity index (χ0v) is 11.0. The standard InChI is InChI=1S/C15H15F3N2/c1-2-4-10-5-3-6-11(7-10)13-8-12(15(16,17)18)9-14(19)20-13/h3,5-9H,2,4H2,1H3,(H2,19,20). The third-order valence-corrected chi connectivity index (χ3v) is 2.93. The van der Waals surface area contributed by atoms with Gasteiger partial charge in [-0.3, -0.25) is 0 Å². The molecule has 20 heavy (non-hydrogen) atoms. The predicted octanol–water partition coefficient (Wildman–Crippen LogP) is 4.30. The molecule has 2 nitrogen and oxygen atoms in total. The van der Waals surface area contributed by atoms with Gasteiger partial charge in [-0.15, -0.1) is 0 Å². The summed E-state index contributed by atoms with van der Waals surface area (Å²) in [6.45, 7) is 2.05. The number of hydrogen-bond donors (Lipinski definition) is 1. The molecule has 0 unspecified atom stereocenters. The van der Waals surface area contributed by atoms with Crippen molar-refractivity contribution in [2.24, 2.45) is 0 Å². The second-order valence-electron chi connectivity index (χ2n) is 4.61. The number of rotatable bonds is 3. The summed E-state index contributed by atoms with van der Waals surface area (Å²) in [7, 11) is 0. The highest BCUT2D eigenvalue weighted by molar-refractivity contribution is 5.63. The van der Waals surface area contributed by atoms with Gasteiger partial charge >= 0.3 is 6.18 Å². The minimum absolute atomic E-state index is 0.129. The molecule has 0 radical (unpaired) electrons. The van der Waals surface area contributed by atoms with Crippen LogP contribution in [0, 0.1) is 0 Å². The Bertz CT molecular complexity index is 606. The molecule has 106 valence electrons. The van der Waals surface area contributed by atoms with E-state index in [1.165, 1.54) is 0 Å². The van der Waals surface area contributed by atoms with Crippen molar-refractivity contribution >= 4 is 5.82 Å². The zero-order valence-electron chi connectivity index (χ0n) is 11.0. The number of nitrogen functional groups attached to an aromatic ring is 1. The third-order valence-electron chi connectivity index (χ3n) is 2.93. The van der Waals surface area contributed by atoms with Crippen LogP contribution in [-0.2, 0) is 12.6 Å². The first-order chi connectivity index (χ1) is 9.40. The Morgan fingerprint density at radius 2 is 1.90 bits per heavy atom. The lowest BCUT2D eigenvalue weighted by atomic mass is 10.0. The first-order valence-electron chi connectivity index (χ1n) is 6.34. The second-order valence-corrected chi connectivity index (χ2v) is 4.61. The van der Waals surface area contributed by atoms with Gasteiger partial charge < -0.3 is 5.73 Å². The Labute approximate surface area is 115 Å². The minimum atomic E-state index is -4.42. The predicted molar refractivity (Wildman–Crippen MR) is 73.1 cm³/mol. The monoisotopic (exact) mass is 280 g/mol. The highest BCUT2D eigenvalue weighted by Crippen LogP contribution is 2.32. The van der Waals surface area contributed by atoms with Crippen LogP contribution < -0.4 is 5.73 Å². The third kappa shape index (κ3) is 3.29. The maximum atomic E-state index is 12.8. The van der Waals surface area contributed by atoms with Crippen molar-refractivity contribution in [1.29, 1.82) is 0 Å². The molecule has 1 aromatic carbocycles. The van der Waals surface area contributed by atoms with Crippen molar-refractivity contribution in [3.05, 3.63) is 47.5 Å². The van der Waals surface area contributed by atoms with Crippen LogP contribution >= 0.6 is 0 Å². The fourth-order valence-corrected chi connectivity index (χ4v) is 2.04. The van der Waals surface area contributed by atoms with E-state index in [0.29, 0.717) is 5.56 Å². The van der Waals surface area contributed by atoms with Gasteiger partial charge in [-0.1, -0.05) is 31.5 Å². The van der Waals surface area contributed by atoms with Crippen molar-refractivity contribution in [2.45, 2.75) is 25.9 Å². The Kier molecular flexibility index (Phi) is 3.97. The molecule has 0 atom stereocenters. The van der Waals surface area contributed by atoms with Crippen LogP contribution in [0.3, 0.4) is 0 Å². The topological polar surface area (TPSA) is 38.9 Å². The number of aromatic nitrogens is 1. The summed E-state index contributed by atoms with van der Waals surface area (Å²) in [5.41, 5.74) is 6.67. The molecule has 0 amide bonds. The van der Waals surface area contributed by atoms with Crippen molar-refractivity contribution in [3.8, 4) is 11.3 Å². The molecule has 0 bridgehead atoms. The molecule has 0 saturated heterocycles. The molecule has 2 aromatic rings. The number of halogens is 3. The van der Waals surface area contributed by atoms with Gasteiger partial charge in [0, 0.05) is 5.56 Å². The Morgan fingerprint density at radius 1 is 1.15 bits per heavy atom. The van der Waals surface area contributed by atoms with Gasteiger partial charge in [0.05, 0.1) is 11.3 Å². The molecule has 1 heterocycles. The Morgan fingerprint density at radius 3 is 2.55 bits per heavy atom. The fourth-order valence-electron chi connectivity index (χ4n) is 2.04. The first kappa shape index (κ1) is 14.4. The van der Waals surface area contributed by atoms with E-state index in [1.807, 2.05) is 25.1 Å². The molecule has 2 N–H and O–H groups in total. The van der Waals surface area contributed by atoms with Gasteiger partial charge in [-0.25, -0.2) is 4.98 Å². The number of anilines is 1. The molecule has 0 spiro atoms. The number of hydrogen-bond acceptors (Lipinski definition) is 2. The Balaban J connectivity index is 2.47. The number of nitrogens with two attached hydrogens (primary N) is 1. The molecular formula is C15H15F3N2. The first-order valence-corrected chi connectivity index (χ1v) is 6.34. The van der Waals surface area contributed by atoms with Crippen molar-refractivity contribution in [1.82, 2.24) is 4.98 Å². The summed E-state index contributed by atoms with van der Waals surface area (Å²) in [6, 6.07) is 9.23. The molecule has 0 aliphatic carbocycles. The van der Waals surface area contributed by atoms with Crippen LogP contribution in [0.15, 0.2) is 36.4 Å². The number of pyridine rings is 1. The van der Waals surface area contributed by atoms with Gasteiger partial charge in [0.25, 0.3) is 0 Å². The summed E-state index contributed by atoms with van der Waals surface area (Å²) in [5.74, 6) is -0.129. The van der Waals surface area contributed by atoms with Crippen LogP contribution in [0.1, 0.15) is 24.5 Å². The number of aryl methyl sites for hydroxylation is 1. The number of benzene rings is 1. The normalized spacial score (nSPS) is 11.6. The average Bonchev–Trinajstić information content (AvgIpc) is 2.38. The van der Waals surface area contributed by atoms with Gasteiger partial charge in [0.15, 0.2) is 0 Å². The van der Waals surface area contributed by atoms with E-state index in [-0.39, 0.29) is 11.5 Å². The highest BCUT2D eigenvalue weighted by Gasteiger charge is 2.31. The zero-order chi connectivity index (χ0) is 14.8. The van der Waals surface area contributed by atoms with E-state index >= 15 is 0 Å². The van der Waals surface area contributed by atoms with Crippen LogP contribution in [0.4, 0.5) is 19.0 Å². The maximum Gasteiger partial charge on any atom is 0.416 e. The van der Waals surface area contributed by atoms with Crippen molar-refractivity contribution < 1.29 is 13.2 Å². The molecule has 0 aliphatic heterocycles. The van der Waals surface area contributed by atoms with E-state index in [0.717, 1.165) is 30.5 Å². The van der Waals surface area contributed by atoms with Crippen LogP contribution in [-0.4, -0.2) is 4.98 Å². The summed E-state index contributed by atoms with van der Waals surface area (Å²) in [5, 5.41) is 0. The van der Waals surface area contributed by atoms with Crippen molar-refractivity contribution in [3.63, 3.8) is 0 Å². The number of alkyl halides is 3. The molecule has 5 heteroatoms. The molecule has 0 aliphatic rings. The van der Waals surface area contributed by atoms with Gasteiger partial charge in [-0.05, 0) is 30.2 Å². The lowest BCUT2D eigenvalue weighted by Gasteiger charge is -2.10. The minimum Gasteiger partial charge on any atom is -0.384 e. The van der Waals surface area contributed by atoms with Crippen molar-refractivity contribution in [2.75, 3.05) is 5.73 Å². The maximum absolute atomic E-state index is 12.8. The quantitative estimate of drug-likeness (QED) is 0.910. The van der Waals surface area contributed by atoms with Gasteiger partial charge in [0.2, 0.25) is 0 Å². The Hall–Kier alpha value is -2.04. The lowest BCUT2D eigenvalue weighted by Crippen LogP contribution is -2.07. The van der Waals surface area contributed by atoms with E-state index in [9.17, 15) is 13.2 Å². The molecule has 1 aromatic heterocycles. The van der Waals surface area contributed by atoms with Gasteiger partial charge in [0.1, 0.15) is 5.82 Å². The highest BCUT2D eigenvalue weighted by atomic mass is 19.4. The second kappa shape index (κ2) is 5.53. The van der Waals surface area contributed by atoms with Crippen LogP contribution in [0.25, 0.3) is 11.3 Å². The summed E-state index contributed by atoms with van der Waals surface area (Å²) < 4.78 is 38.3. The van der Waals surface area contributed by atoms with Crippen LogP contribution in [0.5, 0.6) is 0 Å². The van der Waals surface area contributed by atoms with Crippen LogP contribution in [0.2, 0.25) is 0 Å². The van der Waals surface area contributed by atoms with Gasteiger partial charge in [-0.2, -0.15) is 13.2 Å². The molecule has 0 saturated carbocycles. The summed E-state index contributed by atoms with van der Waals surface area (Å²) >= 11 is 0. The molecule has 2 rings (SSSR count). The largest absolute Gasteiger partial charge is 0.416 e. The molecular weight excluding hydrogens is 265 g/mol. The fraction of sp³-hybridized carbons (Fsp3) is 0.267. The average molecular weight is 280 g/mol. The van der Waals surface area contributed by atoms with E-state index in [1.54, 1.807) is 6.07 Å². The van der Waals surface area contributed by atoms with E-state index in [4.69, 9.17) is 5.73 Å². The smallest absolute Gasteiger partial charge is 0.384 e.